The largest absolute Gasteiger partial charge is 0.376 e. The molecule has 5 heteroatoms. The first-order valence-electron chi connectivity index (χ1n) is 6.06. The van der Waals surface area contributed by atoms with Crippen LogP contribution in [0.25, 0.3) is 0 Å². The molecule has 20 heavy (non-hydrogen) atoms. The fraction of sp³-hybridized carbons (Fsp3) is 0.200. The molecule has 0 spiro atoms. The zero-order chi connectivity index (χ0) is 14.7. The fourth-order valence-electron chi connectivity index (χ4n) is 1.87. The lowest BCUT2D eigenvalue weighted by Gasteiger charge is -2.18. The van der Waals surface area contributed by atoms with Crippen molar-refractivity contribution in [2.75, 3.05) is 11.6 Å². The lowest BCUT2D eigenvalue weighted by atomic mass is 10.1. The molecule has 0 amide bonds. The first kappa shape index (κ1) is 15.7. The van der Waals surface area contributed by atoms with Gasteiger partial charge in [-0.1, -0.05) is 23.7 Å². The Kier molecular flexibility index (Phi) is 5.35. The summed E-state index contributed by atoms with van der Waals surface area (Å²) >= 11 is 11.1. The van der Waals surface area contributed by atoms with Crippen molar-refractivity contribution in [1.29, 1.82) is 0 Å². The SMILES string of the molecule is CSc1ccc(C(C)Nc2c(Cl)cc(F)cc2Br)cc1. The number of halogens is 3. The maximum atomic E-state index is 13.2. The van der Waals surface area contributed by atoms with Crippen molar-refractivity contribution in [3.8, 4) is 0 Å². The molecule has 0 aliphatic rings. The van der Waals surface area contributed by atoms with Crippen LogP contribution in [-0.4, -0.2) is 6.26 Å². The van der Waals surface area contributed by atoms with Gasteiger partial charge in [-0.05, 0) is 58.9 Å². The number of nitrogens with one attached hydrogen (secondary N) is 1. The van der Waals surface area contributed by atoms with Crippen LogP contribution in [0.15, 0.2) is 45.8 Å². The standard InChI is InChI=1S/C15H14BrClFNS/c1-9(10-3-5-12(20-2)6-4-10)19-15-13(16)7-11(18)8-14(15)17/h3-9,19H,1-2H3. The van der Waals surface area contributed by atoms with Crippen molar-refractivity contribution in [2.24, 2.45) is 0 Å². The molecule has 1 unspecified atom stereocenters. The average molecular weight is 375 g/mol. The average Bonchev–Trinajstić information content (AvgIpc) is 2.42. The van der Waals surface area contributed by atoms with E-state index in [9.17, 15) is 4.39 Å². The molecular weight excluding hydrogens is 361 g/mol. The van der Waals surface area contributed by atoms with Gasteiger partial charge in [0.15, 0.2) is 0 Å². The Balaban J connectivity index is 2.20. The maximum Gasteiger partial charge on any atom is 0.125 e. The van der Waals surface area contributed by atoms with E-state index in [2.05, 4.69) is 45.5 Å². The smallest absolute Gasteiger partial charge is 0.125 e. The van der Waals surface area contributed by atoms with Gasteiger partial charge in [0.2, 0.25) is 0 Å². The monoisotopic (exact) mass is 373 g/mol. The number of anilines is 1. The van der Waals surface area contributed by atoms with Gasteiger partial charge in [0.25, 0.3) is 0 Å². The molecule has 1 N–H and O–H groups in total. The van der Waals surface area contributed by atoms with Crippen molar-refractivity contribution in [2.45, 2.75) is 17.9 Å². The molecule has 0 saturated carbocycles. The van der Waals surface area contributed by atoms with Crippen molar-refractivity contribution in [3.05, 3.63) is 57.3 Å². The molecule has 0 fully saturated rings. The molecule has 106 valence electrons. The third-order valence-electron chi connectivity index (χ3n) is 2.98. The second-order valence-corrected chi connectivity index (χ2v) is 6.52. The summed E-state index contributed by atoms with van der Waals surface area (Å²) in [5, 5.41) is 3.67. The quantitative estimate of drug-likeness (QED) is 0.645. The summed E-state index contributed by atoms with van der Waals surface area (Å²) in [5.74, 6) is -0.357. The van der Waals surface area contributed by atoms with Crippen LogP contribution in [0.1, 0.15) is 18.5 Å². The summed E-state index contributed by atoms with van der Waals surface area (Å²) in [4.78, 5) is 1.22. The first-order chi connectivity index (χ1) is 9.51. The van der Waals surface area contributed by atoms with E-state index in [1.165, 1.54) is 17.0 Å². The highest BCUT2D eigenvalue weighted by atomic mass is 79.9. The molecule has 0 aromatic heterocycles. The zero-order valence-corrected chi connectivity index (χ0v) is 14.2. The third-order valence-corrected chi connectivity index (χ3v) is 4.65. The number of benzene rings is 2. The molecule has 2 rings (SSSR count). The lowest BCUT2D eigenvalue weighted by molar-refractivity contribution is 0.627. The van der Waals surface area contributed by atoms with Gasteiger partial charge in [0.1, 0.15) is 5.82 Å². The molecule has 0 aliphatic heterocycles. The van der Waals surface area contributed by atoms with Gasteiger partial charge in [-0.3, -0.25) is 0 Å². The first-order valence-corrected chi connectivity index (χ1v) is 8.46. The highest BCUT2D eigenvalue weighted by molar-refractivity contribution is 9.10. The topological polar surface area (TPSA) is 12.0 Å². The molecule has 0 aliphatic carbocycles. The van der Waals surface area contributed by atoms with E-state index in [1.807, 2.05) is 13.2 Å². The van der Waals surface area contributed by atoms with Crippen LogP contribution in [0, 0.1) is 5.82 Å². The summed E-state index contributed by atoms with van der Waals surface area (Å²) in [6.45, 7) is 2.04. The van der Waals surface area contributed by atoms with E-state index in [-0.39, 0.29) is 11.9 Å². The Bertz CT molecular complexity index is 580. The number of hydrogen-bond donors (Lipinski definition) is 1. The second-order valence-electron chi connectivity index (χ2n) is 4.38. The summed E-state index contributed by atoms with van der Waals surface area (Å²) < 4.78 is 13.8. The van der Waals surface area contributed by atoms with Gasteiger partial charge < -0.3 is 5.32 Å². The summed E-state index contributed by atoms with van der Waals surface area (Å²) in [6.07, 6.45) is 2.05. The van der Waals surface area contributed by atoms with Gasteiger partial charge in [0, 0.05) is 15.4 Å². The van der Waals surface area contributed by atoms with Gasteiger partial charge in [-0.15, -0.1) is 11.8 Å². The van der Waals surface area contributed by atoms with Crippen molar-refractivity contribution < 1.29 is 4.39 Å². The van der Waals surface area contributed by atoms with Crippen LogP contribution in [-0.2, 0) is 0 Å². The zero-order valence-electron chi connectivity index (χ0n) is 11.1. The minimum absolute atomic E-state index is 0.0742. The van der Waals surface area contributed by atoms with Crippen LogP contribution in [0.3, 0.4) is 0 Å². The van der Waals surface area contributed by atoms with Crippen LogP contribution >= 0.6 is 39.3 Å². The summed E-state index contributed by atoms with van der Waals surface area (Å²) in [7, 11) is 0. The Morgan fingerprint density at radius 1 is 1.25 bits per heavy atom. The Labute approximate surface area is 136 Å². The van der Waals surface area contributed by atoms with Crippen molar-refractivity contribution in [1.82, 2.24) is 0 Å². The molecule has 1 nitrogen and oxygen atoms in total. The van der Waals surface area contributed by atoms with Gasteiger partial charge in [-0.25, -0.2) is 4.39 Å². The normalized spacial score (nSPS) is 12.2. The molecule has 0 radical (unpaired) electrons. The molecule has 2 aromatic carbocycles. The Morgan fingerprint density at radius 3 is 2.45 bits per heavy atom. The predicted octanol–water partition coefficient (Wildman–Crippen LogP) is 6.14. The summed E-state index contributed by atoms with van der Waals surface area (Å²) in [5.41, 5.74) is 1.85. The molecule has 2 aromatic rings. The lowest BCUT2D eigenvalue weighted by Crippen LogP contribution is -2.07. The van der Waals surface area contributed by atoms with E-state index in [1.54, 1.807) is 11.8 Å². The van der Waals surface area contributed by atoms with Gasteiger partial charge >= 0.3 is 0 Å². The maximum absolute atomic E-state index is 13.2. The fourth-order valence-corrected chi connectivity index (χ4v) is 3.20. The molecule has 1 atom stereocenters. The Morgan fingerprint density at radius 2 is 1.90 bits per heavy atom. The van der Waals surface area contributed by atoms with Crippen LogP contribution in [0.2, 0.25) is 5.02 Å². The van der Waals surface area contributed by atoms with E-state index in [4.69, 9.17) is 11.6 Å². The highest BCUT2D eigenvalue weighted by Crippen LogP contribution is 2.34. The van der Waals surface area contributed by atoms with E-state index < -0.39 is 0 Å². The van der Waals surface area contributed by atoms with Crippen molar-refractivity contribution >= 4 is 45.0 Å². The Hall–Kier alpha value is -0.710. The predicted molar refractivity (Wildman–Crippen MR) is 89.4 cm³/mol. The van der Waals surface area contributed by atoms with Crippen molar-refractivity contribution in [3.63, 3.8) is 0 Å². The second kappa shape index (κ2) is 6.83. The minimum atomic E-state index is -0.357. The van der Waals surface area contributed by atoms with Gasteiger partial charge in [-0.2, -0.15) is 0 Å². The molecule has 0 bridgehead atoms. The number of rotatable bonds is 4. The third kappa shape index (κ3) is 3.68. The van der Waals surface area contributed by atoms with E-state index in [0.717, 1.165) is 5.56 Å². The number of hydrogen-bond acceptors (Lipinski definition) is 2. The van der Waals surface area contributed by atoms with Crippen LogP contribution in [0.4, 0.5) is 10.1 Å². The highest BCUT2D eigenvalue weighted by Gasteiger charge is 2.12. The molecule has 0 saturated heterocycles. The minimum Gasteiger partial charge on any atom is -0.376 e. The number of thioether (sulfide) groups is 1. The van der Waals surface area contributed by atoms with Crippen LogP contribution < -0.4 is 5.32 Å². The molecule has 0 heterocycles. The van der Waals surface area contributed by atoms with E-state index >= 15 is 0 Å². The van der Waals surface area contributed by atoms with Gasteiger partial charge in [0.05, 0.1) is 10.7 Å². The van der Waals surface area contributed by atoms with E-state index in [0.29, 0.717) is 15.2 Å². The van der Waals surface area contributed by atoms with Crippen LogP contribution in [0.5, 0.6) is 0 Å². The molecular formula is C15H14BrClFNS. The summed E-state index contributed by atoms with van der Waals surface area (Å²) in [6, 6.07) is 11.1.